The Morgan fingerprint density at radius 2 is 1.95 bits per heavy atom. The Kier molecular flexibility index (Phi) is 6.38. The summed E-state index contributed by atoms with van der Waals surface area (Å²) in [6.07, 6.45) is 2.01. The number of hydrogen-bond donors (Lipinski definition) is 1. The molecule has 0 amide bonds. The summed E-state index contributed by atoms with van der Waals surface area (Å²) in [4.78, 5) is 20.2. The molecule has 0 atom stereocenters. The summed E-state index contributed by atoms with van der Waals surface area (Å²) in [5.41, 5.74) is -0.367. The van der Waals surface area contributed by atoms with Crippen LogP contribution in [0.2, 0.25) is 0 Å². The zero-order chi connectivity index (χ0) is 15.0. The second kappa shape index (κ2) is 8.05. The molecule has 0 fully saturated rings. The number of unbranched alkanes of at least 4 members (excludes halogenated alkanes) is 1. The van der Waals surface area contributed by atoms with Crippen molar-refractivity contribution < 1.29 is 14.6 Å². The lowest BCUT2D eigenvalue weighted by Gasteiger charge is -2.07. The van der Waals surface area contributed by atoms with Gasteiger partial charge < -0.3 is 10.1 Å². The number of nitrogens with zero attached hydrogens (tertiary/aromatic N) is 2. The Labute approximate surface area is 116 Å². The van der Waals surface area contributed by atoms with E-state index in [1.54, 1.807) is 0 Å². The van der Waals surface area contributed by atoms with E-state index in [0.717, 1.165) is 18.9 Å². The van der Waals surface area contributed by atoms with Crippen molar-refractivity contribution in [2.75, 3.05) is 25.1 Å². The van der Waals surface area contributed by atoms with E-state index >= 15 is 0 Å². The Morgan fingerprint density at radius 1 is 1.20 bits per heavy atom. The van der Waals surface area contributed by atoms with Gasteiger partial charge in [0.25, 0.3) is 11.4 Å². The van der Waals surface area contributed by atoms with Gasteiger partial charge in [0.2, 0.25) is 0 Å². The molecule has 0 saturated carbocycles. The molecule has 20 heavy (non-hydrogen) atoms. The summed E-state index contributed by atoms with van der Waals surface area (Å²) < 4.78 is 5.32. The first-order valence-corrected chi connectivity index (χ1v) is 6.30. The summed E-state index contributed by atoms with van der Waals surface area (Å²) in [6, 6.07) is 3.51. The number of non-ortho nitro benzene ring substituents is 1. The van der Waals surface area contributed by atoms with Crippen LogP contribution in [0.3, 0.4) is 0 Å². The fourth-order valence-electron chi connectivity index (χ4n) is 1.54. The molecule has 1 aromatic rings. The van der Waals surface area contributed by atoms with E-state index < -0.39 is 9.85 Å². The number of hydrogen-bond acceptors (Lipinski definition) is 6. The molecule has 0 radical (unpaired) electrons. The predicted octanol–water partition coefficient (Wildman–Crippen LogP) is 2.73. The van der Waals surface area contributed by atoms with Gasteiger partial charge in [0, 0.05) is 19.2 Å². The maximum Gasteiger partial charge on any atom is 0.299 e. The first kappa shape index (κ1) is 15.8. The van der Waals surface area contributed by atoms with Crippen LogP contribution in [-0.2, 0) is 4.74 Å². The van der Waals surface area contributed by atoms with Crippen molar-refractivity contribution in [3.05, 3.63) is 38.4 Å². The van der Waals surface area contributed by atoms with E-state index in [9.17, 15) is 20.2 Å². The molecule has 1 aromatic carbocycles. The first-order chi connectivity index (χ1) is 9.56. The van der Waals surface area contributed by atoms with Crippen LogP contribution in [0.25, 0.3) is 0 Å². The van der Waals surface area contributed by atoms with Crippen molar-refractivity contribution in [1.29, 1.82) is 0 Å². The molecular formula is C12H17N3O5. The highest BCUT2D eigenvalue weighted by atomic mass is 16.6. The molecule has 0 aliphatic carbocycles. The molecular weight excluding hydrogens is 266 g/mol. The highest BCUT2D eigenvalue weighted by molar-refractivity contribution is 5.65. The second-order valence-electron chi connectivity index (χ2n) is 4.11. The number of nitrogens with one attached hydrogen (secondary N) is 1. The van der Waals surface area contributed by atoms with Crippen molar-refractivity contribution in [2.24, 2.45) is 0 Å². The van der Waals surface area contributed by atoms with E-state index in [1.807, 2.05) is 0 Å². The van der Waals surface area contributed by atoms with Gasteiger partial charge in [-0.05, 0) is 12.5 Å². The van der Waals surface area contributed by atoms with Gasteiger partial charge in [-0.2, -0.15) is 0 Å². The SMILES string of the molecule is CCCCOCCNc1ccc([N+](=O)[O-])cc1[N+](=O)[O-]. The van der Waals surface area contributed by atoms with E-state index in [2.05, 4.69) is 12.2 Å². The van der Waals surface area contributed by atoms with Gasteiger partial charge in [-0.3, -0.25) is 20.2 Å². The van der Waals surface area contributed by atoms with Crippen molar-refractivity contribution in [3.8, 4) is 0 Å². The maximum atomic E-state index is 10.9. The Bertz CT molecular complexity index is 478. The number of anilines is 1. The third-order valence-electron chi connectivity index (χ3n) is 2.59. The lowest BCUT2D eigenvalue weighted by molar-refractivity contribution is -0.393. The number of nitro benzene ring substituents is 2. The smallest absolute Gasteiger partial charge is 0.299 e. The molecule has 0 bridgehead atoms. The predicted molar refractivity (Wildman–Crippen MR) is 74.0 cm³/mol. The minimum atomic E-state index is -0.662. The number of rotatable bonds is 9. The largest absolute Gasteiger partial charge is 0.380 e. The summed E-state index contributed by atoms with van der Waals surface area (Å²) >= 11 is 0. The summed E-state index contributed by atoms with van der Waals surface area (Å²) in [7, 11) is 0. The van der Waals surface area contributed by atoms with Crippen molar-refractivity contribution >= 4 is 17.1 Å². The van der Waals surface area contributed by atoms with Crippen LogP contribution in [0.15, 0.2) is 18.2 Å². The molecule has 1 rings (SSSR count). The fraction of sp³-hybridized carbons (Fsp3) is 0.500. The topological polar surface area (TPSA) is 108 Å². The molecule has 0 aromatic heterocycles. The highest BCUT2D eigenvalue weighted by Gasteiger charge is 2.18. The maximum absolute atomic E-state index is 10.9. The quantitative estimate of drug-likeness (QED) is 0.424. The molecule has 110 valence electrons. The fourth-order valence-corrected chi connectivity index (χ4v) is 1.54. The van der Waals surface area contributed by atoms with Gasteiger partial charge in [-0.25, -0.2) is 0 Å². The Morgan fingerprint density at radius 3 is 2.55 bits per heavy atom. The minimum absolute atomic E-state index is 0.250. The molecule has 0 spiro atoms. The van der Waals surface area contributed by atoms with Crippen LogP contribution in [0.5, 0.6) is 0 Å². The summed E-state index contributed by atoms with van der Waals surface area (Å²) in [5.74, 6) is 0. The molecule has 0 saturated heterocycles. The standard InChI is InChI=1S/C12H17N3O5/c1-2-3-7-20-8-6-13-11-5-4-10(14(16)17)9-12(11)15(18)19/h4-5,9,13H,2-3,6-8H2,1H3. The Hall–Kier alpha value is -2.22. The summed E-state index contributed by atoms with van der Waals surface area (Å²) in [6.45, 7) is 3.54. The highest BCUT2D eigenvalue weighted by Crippen LogP contribution is 2.28. The van der Waals surface area contributed by atoms with Crippen LogP contribution in [0.4, 0.5) is 17.1 Å². The normalized spacial score (nSPS) is 10.2. The van der Waals surface area contributed by atoms with Crippen LogP contribution in [-0.4, -0.2) is 29.6 Å². The molecule has 0 heterocycles. The molecule has 0 aliphatic rings. The van der Waals surface area contributed by atoms with E-state index in [4.69, 9.17) is 4.74 Å². The molecule has 0 unspecified atom stereocenters. The third kappa shape index (κ3) is 4.81. The lowest BCUT2D eigenvalue weighted by Crippen LogP contribution is -2.11. The van der Waals surface area contributed by atoms with Crippen LogP contribution in [0, 0.1) is 20.2 Å². The van der Waals surface area contributed by atoms with Crippen molar-refractivity contribution in [2.45, 2.75) is 19.8 Å². The lowest BCUT2D eigenvalue weighted by atomic mass is 10.2. The third-order valence-corrected chi connectivity index (χ3v) is 2.59. The van der Waals surface area contributed by atoms with E-state index in [0.29, 0.717) is 19.8 Å². The van der Waals surface area contributed by atoms with Crippen LogP contribution >= 0.6 is 0 Å². The monoisotopic (exact) mass is 283 g/mol. The minimum Gasteiger partial charge on any atom is -0.380 e. The van der Waals surface area contributed by atoms with Gasteiger partial charge in [0.15, 0.2) is 0 Å². The van der Waals surface area contributed by atoms with Crippen molar-refractivity contribution in [3.63, 3.8) is 0 Å². The van der Waals surface area contributed by atoms with Gasteiger partial charge in [0.1, 0.15) is 5.69 Å². The zero-order valence-electron chi connectivity index (χ0n) is 11.2. The second-order valence-corrected chi connectivity index (χ2v) is 4.11. The van der Waals surface area contributed by atoms with E-state index in [-0.39, 0.29) is 17.1 Å². The average molecular weight is 283 g/mol. The number of nitro groups is 2. The average Bonchev–Trinajstić information content (AvgIpc) is 2.42. The Balaban J connectivity index is 2.60. The van der Waals surface area contributed by atoms with Crippen LogP contribution < -0.4 is 5.32 Å². The molecule has 1 N–H and O–H groups in total. The molecule has 8 nitrogen and oxygen atoms in total. The van der Waals surface area contributed by atoms with Crippen molar-refractivity contribution in [1.82, 2.24) is 0 Å². The van der Waals surface area contributed by atoms with E-state index in [1.165, 1.54) is 12.1 Å². The number of ether oxygens (including phenoxy) is 1. The molecule has 0 aliphatic heterocycles. The van der Waals surface area contributed by atoms with Gasteiger partial charge in [-0.15, -0.1) is 0 Å². The van der Waals surface area contributed by atoms with Gasteiger partial charge in [0.05, 0.1) is 22.5 Å². The van der Waals surface area contributed by atoms with Crippen LogP contribution in [0.1, 0.15) is 19.8 Å². The van der Waals surface area contributed by atoms with Gasteiger partial charge >= 0.3 is 0 Å². The van der Waals surface area contributed by atoms with Gasteiger partial charge in [-0.1, -0.05) is 13.3 Å². The molecule has 8 heteroatoms. The summed E-state index contributed by atoms with van der Waals surface area (Å²) in [5, 5.41) is 24.3. The first-order valence-electron chi connectivity index (χ1n) is 6.30. The number of benzene rings is 1. The zero-order valence-corrected chi connectivity index (χ0v) is 11.2.